The van der Waals surface area contributed by atoms with Gasteiger partial charge in [0.1, 0.15) is 18.1 Å². The standard InChI is InChI=1S/C19H24N4O4.HI/c1-3-20-19(22-14-15-5-4-6-16(13-15)23(24)25)21-11-12-27-18-9-7-17(26-2)8-10-18;/h4-10,13H,3,11-12,14H2,1-2H3,(H2,20,21,22);1H. The molecule has 2 N–H and O–H groups in total. The molecule has 0 aliphatic heterocycles. The average molecular weight is 500 g/mol. The molecule has 0 aliphatic carbocycles. The van der Waals surface area contributed by atoms with Crippen molar-refractivity contribution in [3.05, 3.63) is 64.2 Å². The normalized spacial score (nSPS) is 10.6. The molecule has 0 spiro atoms. The van der Waals surface area contributed by atoms with Crippen molar-refractivity contribution >= 4 is 35.6 Å². The number of nitro benzene ring substituents is 1. The molecule has 0 amide bonds. The van der Waals surface area contributed by atoms with Crippen LogP contribution in [0.5, 0.6) is 11.5 Å². The van der Waals surface area contributed by atoms with Gasteiger partial charge >= 0.3 is 0 Å². The van der Waals surface area contributed by atoms with Gasteiger partial charge in [0.2, 0.25) is 0 Å². The summed E-state index contributed by atoms with van der Waals surface area (Å²) in [6, 6.07) is 13.8. The summed E-state index contributed by atoms with van der Waals surface area (Å²) in [7, 11) is 1.62. The quantitative estimate of drug-likeness (QED) is 0.137. The Bertz CT molecular complexity index is 769. The van der Waals surface area contributed by atoms with Crippen LogP contribution in [0.2, 0.25) is 0 Å². The van der Waals surface area contributed by atoms with Crippen LogP contribution in [0.1, 0.15) is 12.5 Å². The van der Waals surface area contributed by atoms with Crippen LogP contribution in [0.15, 0.2) is 53.5 Å². The van der Waals surface area contributed by atoms with Gasteiger partial charge in [-0.25, -0.2) is 4.99 Å². The molecule has 2 aromatic carbocycles. The van der Waals surface area contributed by atoms with Crippen molar-refractivity contribution in [1.29, 1.82) is 0 Å². The summed E-state index contributed by atoms with van der Waals surface area (Å²) in [6.07, 6.45) is 0. The molecule has 152 valence electrons. The molecule has 0 radical (unpaired) electrons. The minimum atomic E-state index is -0.410. The molecule has 9 heteroatoms. The fraction of sp³-hybridized carbons (Fsp3) is 0.316. The predicted molar refractivity (Wildman–Crippen MR) is 120 cm³/mol. The minimum Gasteiger partial charge on any atom is -0.497 e. The summed E-state index contributed by atoms with van der Waals surface area (Å²) in [5.74, 6) is 2.17. The summed E-state index contributed by atoms with van der Waals surface area (Å²) < 4.78 is 10.8. The lowest BCUT2D eigenvalue weighted by molar-refractivity contribution is -0.384. The van der Waals surface area contributed by atoms with Crippen molar-refractivity contribution in [3.8, 4) is 11.5 Å². The molecule has 2 rings (SSSR count). The molecular formula is C19H25IN4O4. The van der Waals surface area contributed by atoms with Crippen LogP contribution in [-0.4, -0.2) is 37.7 Å². The first kappa shape index (κ1) is 23.5. The summed E-state index contributed by atoms with van der Waals surface area (Å²) >= 11 is 0. The Hall–Kier alpha value is -2.56. The zero-order valence-electron chi connectivity index (χ0n) is 15.9. The second kappa shape index (κ2) is 12.8. The lowest BCUT2D eigenvalue weighted by Gasteiger charge is -2.12. The number of hydrogen-bond acceptors (Lipinski definition) is 5. The van der Waals surface area contributed by atoms with Gasteiger partial charge in [0.15, 0.2) is 5.96 Å². The van der Waals surface area contributed by atoms with Gasteiger partial charge in [-0.1, -0.05) is 12.1 Å². The summed E-state index contributed by atoms with van der Waals surface area (Å²) in [4.78, 5) is 14.9. The highest BCUT2D eigenvalue weighted by Gasteiger charge is 2.05. The van der Waals surface area contributed by atoms with Crippen LogP contribution in [0.3, 0.4) is 0 Å². The molecule has 0 aliphatic rings. The molecule has 0 heterocycles. The molecule has 0 fully saturated rings. The second-order valence-corrected chi connectivity index (χ2v) is 5.57. The number of guanidine groups is 1. The molecule has 28 heavy (non-hydrogen) atoms. The number of aliphatic imine (C=N–C) groups is 1. The SMILES string of the molecule is CCNC(=NCc1cccc([N+](=O)[O-])c1)NCCOc1ccc(OC)cc1.I. The van der Waals surface area contributed by atoms with E-state index >= 15 is 0 Å². The first-order valence-corrected chi connectivity index (χ1v) is 8.64. The van der Waals surface area contributed by atoms with E-state index in [0.29, 0.717) is 32.2 Å². The fourth-order valence-corrected chi connectivity index (χ4v) is 2.29. The van der Waals surface area contributed by atoms with Gasteiger partial charge in [-0.15, -0.1) is 24.0 Å². The first-order valence-electron chi connectivity index (χ1n) is 8.64. The highest BCUT2D eigenvalue weighted by atomic mass is 127. The third-order valence-electron chi connectivity index (χ3n) is 3.61. The summed E-state index contributed by atoms with van der Waals surface area (Å²) in [5.41, 5.74) is 0.837. The van der Waals surface area contributed by atoms with Crippen LogP contribution >= 0.6 is 24.0 Å². The van der Waals surface area contributed by atoms with Crippen molar-refractivity contribution in [2.24, 2.45) is 4.99 Å². The van der Waals surface area contributed by atoms with Crippen LogP contribution < -0.4 is 20.1 Å². The first-order chi connectivity index (χ1) is 13.1. The van der Waals surface area contributed by atoms with Gasteiger partial charge in [-0.3, -0.25) is 10.1 Å². The van der Waals surface area contributed by atoms with Gasteiger partial charge in [0.25, 0.3) is 5.69 Å². The van der Waals surface area contributed by atoms with Crippen LogP contribution in [0.4, 0.5) is 5.69 Å². The maximum atomic E-state index is 10.8. The van der Waals surface area contributed by atoms with Crippen molar-refractivity contribution in [2.45, 2.75) is 13.5 Å². The molecule has 0 aromatic heterocycles. The highest BCUT2D eigenvalue weighted by Crippen LogP contribution is 2.16. The van der Waals surface area contributed by atoms with Gasteiger partial charge in [-0.05, 0) is 36.8 Å². The van der Waals surface area contributed by atoms with E-state index in [0.717, 1.165) is 17.1 Å². The Morgan fingerprint density at radius 2 is 1.86 bits per heavy atom. The number of halogens is 1. The van der Waals surface area contributed by atoms with E-state index in [-0.39, 0.29) is 29.7 Å². The Morgan fingerprint density at radius 1 is 1.14 bits per heavy atom. The Labute approximate surface area is 181 Å². The lowest BCUT2D eigenvalue weighted by Crippen LogP contribution is -2.39. The van der Waals surface area contributed by atoms with E-state index in [4.69, 9.17) is 9.47 Å². The van der Waals surface area contributed by atoms with Crippen molar-refractivity contribution in [3.63, 3.8) is 0 Å². The monoisotopic (exact) mass is 500 g/mol. The van der Waals surface area contributed by atoms with E-state index in [1.165, 1.54) is 12.1 Å². The van der Waals surface area contributed by atoms with Crippen LogP contribution in [-0.2, 0) is 6.54 Å². The molecule has 8 nitrogen and oxygen atoms in total. The molecule has 0 saturated carbocycles. The summed E-state index contributed by atoms with van der Waals surface area (Å²) in [5, 5.41) is 17.2. The van der Waals surface area contributed by atoms with Gasteiger partial charge < -0.3 is 20.1 Å². The Balaban J connectivity index is 0.00000392. The Kier molecular flexibility index (Phi) is 10.7. The number of non-ortho nitro benzene ring substituents is 1. The van der Waals surface area contributed by atoms with E-state index in [9.17, 15) is 10.1 Å². The number of nitro groups is 1. The van der Waals surface area contributed by atoms with Gasteiger partial charge in [-0.2, -0.15) is 0 Å². The smallest absolute Gasteiger partial charge is 0.269 e. The number of benzene rings is 2. The van der Waals surface area contributed by atoms with E-state index in [1.54, 1.807) is 13.2 Å². The third-order valence-corrected chi connectivity index (χ3v) is 3.61. The van der Waals surface area contributed by atoms with Crippen LogP contribution in [0, 0.1) is 10.1 Å². The minimum absolute atomic E-state index is 0. The number of nitrogens with one attached hydrogen (secondary N) is 2. The van der Waals surface area contributed by atoms with Gasteiger partial charge in [0, 0.05) is 18.7 Å². The zero-order valence-corrected chi connectivity index (χ0v) is 18.2. The molecule has 2 aromatic rings. The maximum absolute atomic E-state index is 10.8. The number of methoxy groups -OCH3 is 1. The zero-order chi connectivity index (χ0) is 19.5. The van der Waals surface area contributed by atoms with Crippen molar-refractivity contribution < 1.29 is 14.4 Å². The number of nitrogens with zero attached hydrogens (tertiary/aromatic N) is 2. The molecule has 0 bridgehead atoms. The summed E-state index contributed by atoms with van der Waals surface area (Å²) in [6.45, 7) is 4.05. The van der Waals surface area contributed by atoms with Gasteiger partial charge in [0.05, 0.1) is 25.1 Å². The molecular weight excluding hydrogens is 475 g/mol. The highest BCUT2D eigenvalue weighted by molar-refractivity contribution is 14.0. The largest absolute Gasteiger partial charge is 0.497 e. The topological polar surface area (TPSA) is 98.0 Å². The third kappa shape index (κ3) is 7.99. The number of ether oxygens (including phenoxy) is 2. The van der Waals surface area contributed by atoms with Crippen molar-refractivity contribution in [1.82, 2.24) is 10.6 Å². The van der Waals surface area contributed by atoms with Crippen LogP contribution in [0.25, 0.3) is 0 Å². The number of hydrogen-bond donors (Lipinski definition) is 2. The molecule has 0 saturated heterocycles. The molecule has 0 unspecified atom stereocenters. The number of rotatable bonds is 9. The Morgan fingerprint density at radius 3 is 2.50 bits per heavy atom. The van der Waals surface area contributed by atoms with E-state index in [2.05, 4.69) is 15.6 Å². The lowest BCUT2D eigenvalue weighted by atomic mass is 10.2. The second-order valence-electron chi connectivity index (χ2n) is 5.57. The van der Waals surface area contributed by atoms with E-state index in [1.807, 2.05) is 37.3 Å². The van der Waals surface area contributed by atoms with Crippen molar-refractivity contribution in [2.75, 3.05) is 26.8 Å². The molecule has 0 atom stereocenters. The average Bonchev–Trinajstić information content (AvgIpc) is 2.70. The predicted octanol–water partition coefficient (Wildman–Crippen LogP) is 3.36. The fourth-order valence-electron chi connectivity index (χ4n) is 2.29. The van der Waals surface area contributed by atoms with E-state index < -0.39 is 4.92 Å². The maximum Gasteiger partial charge on any atom is 0.269 e.